The molecule has 2 heteroatoms. The van der Waals surface area contributed by atoms with Crippen LogP contribution in [0.2, 0.25) is 0 Å². The third-order valence-electron chi connectivity index (χ3n) is 1.76. The number of nitrogens with one attached hydrogen (secondary N) is 1. The van der Waals surface area contributed by atoms with Gasteiger partial charge in [0.1, 0.15) is 0 Å². The molecule has 0 saturated carbocycles. The maximum atomic E-state index is 4.39. The van der Waals surface area contributed by atoms with Gasteiger partial charge < -0.3 is 5.32 Å². The van der Waals surface area contributed by atoms with E-state index in [1.165, 1.54) is 12.8 Å². The topological polar surface area (TPSA) is 12.0 Å². The van der Waals surface area contributed by atoms with Gasteiger partial charge in [0.05, 0.1) is 0 Å². The fourth-order valence-corrected chi connectivity index (χ4v) is 1.55. The Morgan fingerprint density at radius 3 is 2.89 bits per heavy atom. The molecule has 0 aromatic rings. The summed E-state index contributed by atoms with van der Waals surface area (Å²) in [5.41, 5.74) is 0. The Balaban J connectivity index is 2.44. The molecule has 0 spiro atoms. The molecule has 1 aliphatic rings. The Hall–Kier alpha value is 0.0500. The van der Waals surface area contributed by atoms with Crippen molar-refractivity contribution in [3.63, 3.8) is 0 Å². The highest BCUT2D eigenvalue weighted by molar-refractivity contribution is 7.81. The van der Waals surface area contributed by atoms with Gasteiger partial charge >= 0.3 is 0 Å². The summed E-state index contributed by atoms with van der Waals surface area (Å²) in [6, 6.07) is 0.582. The molecule has 0 radical (unpaired) electrons. The Morgan fingerprint density at radius 1 is 1.67 bits per heavy atom. The third-order valence-corrected chi connectivity index (χ3v) is 2.29. The SMILES string of the molecule is CNC1CCC=CC1S. The molecule has 1 rings (SSSR count). The van der Waals surface area contributed by atoms with Crippen molar-refractivity contribution in [2.75, 3.05) is 7.05 Å². The van der Waals surface area contributed by atoms with Crippen molar-refractivity contribution in [1.82, 2.24) is 5.32 Å². The average Bonchev–Trinajstić information content (AvgIpc) is 1.89. The van der Waals surface area contributed by atoms with Gasteiger partial charge in [-0.05, 0) is 19.9 Å². The predicted octanol–water partition coefficient (Wildman–Crippen LogP) is 1.22. The van der Waals surface area contributed by atoms with Crippen LogP contribution in [0.15, 0.2) is 12.2 Å². The lowest BCUT2D eigenvalue weighted by atomic mass is 10.0. The van der Waals surface area contributed by atoms with Crippen molar-refractivity contribution in [3.8, 4) is 0 Å². The van der Waals surface area contributed by atoms with Crippen molar-refractivity contribution in [2.45, 2.75) is 24.1 Å². The minimum absolute atomic E-state index is 0.420. The highest BCUT2D eigenvalue weighted by atomic mass is 32.1. The van der Waals surface area contributed by atoms with Gasteiger partial charge in [0, 0.05) is 11.3 Å². The standard InChI is InChI=1S/C7H13NS/c1-8-6-4-2-3-5-7(6)9/h3,5-9H,2,4H2,1H3. The Kier molecular flexibility index (Phi) is 2.61. The Labute approximate surface area is 61.9 Å². The zero-order valence-corrected chi connectivity index (χ0v) is 6.57. The van der Waals surface area contributed by atoms with Crippen LogP contribution in [0, 0.1) is 0 Å². The van der Waals surface area contributed by atoms with Crippen LogP contribution < -0.4 is 5.32 Å². The van der Waals surface area contributed by atoms with E-state index in [0.29, 0.717) is 11.3 Å². The summed E-state index contributed by atoms with van der Waals surface area (Å²) in [5.74, 6) is 0. The number of allylic oxidation sites excluding steroid dienone is 1. The van der Waals surface area contributed by atoms with E-state index in [2.05, 4.69) is 30.1 Å². The number of rotatable bonds is 1. The second-order valence-corrected chi connectivity index (χ2v) is 2.99. The predicted molar refractivity (Wildman–Crippen MR) is 44.0 cm³/mol. The van der Waals surface area contributed by atoms with E-state index in [0.717, 1.165) is 0 Å². The van der Waals surface area contributed by atoms with Crippen LogP contribution in [0.5, 0.6) is 0 Å². The average molecular weight is 143 g/mol. The molecule has 0 heterocycles. The van der Waals surface area contributed by atoms with Crippen molar-refractivity contribution in [3.05, 3.63) is 12.2 Å². The van der Waals surface area contributed by atoms with E-state index in [1.807, 2.05) is 7.05 Å². The van der Waals surface area contributed by atoms with E-state index < -0.39 is 0 Å². The molecule has 2 atom stereocenters. The molecule has 0 fully saturated rings. The van der Waals surface area contributed by atoms with Crippen LogP contribution in [0.3, 0.4) is 0 Å². The summed E-state index contributed by atoms with van der Waals surface area (Å²) in [6.07, 6.45) is 6.78. The molecule has 0 bridgehead atoms. The maximum absolute atomic E-state index is 4.39. The number of hydrogen-bond donors (Lipinski definition) is 2. The lowest BCUT2D eigenvalue weighted by Crippen LogP contribution is -2.34. The van der Waals surface area contributed by atoms with Gasteiger partial charge in [0.25, 0.3) is 0 Å². The second kappa shape index (κ2) is 3.28. The molecule has 9 heavy (non-hydrogen) atoms. The zero-order valence-electron chi connectivity index (χ0n) is 5.67. The van der Waals surface area contributed by atoms with E-state index in [-0.39, 0.29) is 0 Å². The van der Waals surface area contributed by atoms with Gasteiger partial charge in [-0.3, -0.25) is 0 Å². The van der Waals surface area contributed by atoms with Crippen molar-refractivity contribution in [2.24, 2.45) is 0 Å². The zero-order chi connectivity index (χ0) is 6.69. The molecule has 1 nitrogen and oxygen atoms in total. The van der Waals surface area contributed by atoms with E-state index in [1.54, 1.807) is 0 Å². The molecule has 0 aromatic heterocycles. The first-order valence-corrected chi connectivity index (χ1v) is 3.88. The van der Waals surface area contributed by atoms with Crippen LogP contribution in [0.25, 0.3) is 0 Å². The summed E-state index contributed by atoms with van der Waals surface area (Å²) in [7, 11) is 1.99. The summed E-state index contributed by atoms with van der Waals surface area (Å²) in [4.78, 5) is 0. The smallest absolute Gasteiger partial charge is 0.0350 e. The molecule has 0 amide bonds. The normalized spacial score (nSPS) is 34.9. The highest BCUT2D eigenvalue weighted by Gasteiger charge is 2.14. The number of thiol groups is 1. The first kappa shape index (κ1) is 7.16. The fraction of sp³-hybridized carbons (Fsp3) is 0.714. The van der Waals surface area contributed by atoms with Crippen LogP contribution >= 0.6 is 12.6 Å². The second-order valence-electron chi connectivity index (χ2n) is 2.39. The first-order valence-electron chi connectivity index (χ1n) is 3.36. The van der Waals surface area contributed by atoms with Crippen molar-refractivity contribution < 1.29 is 0 Å². The summed E-state index contributed by atoms with van der Waals surface area (Å²) in [5, 5.41) is 3.65. The van der Waals surface area contributed by atoms with E-state index in [4.69, 9.17) is 0 Å². The molecule has 0 saturated heterocycles. The van der Waals surface area contributed by atoms with Gasteiger partial charge in [0.2, 0.25) is 0 Å². The van der Waals surface area contributed by atoms with Gasteiger partial charge in [-0.2, -0.15) is 12.6 Å². The van der Waals surface area contributed by atoms with Crippen LogP contribution in [0.4, 0.5) is 0 Å². The monoisotopic (exact) mass is 143 g/mol. The first-order chi connectivity index (χ1) is 4.34. The quantitative estimate of drug-likeness (QED) is 0.415. The highest BCUT2D eigenvalue weighted by Crippen LogP contribution is 2.15. The van der Waals surface area contributed by atoms with E-state index >= 15 is 0 Å². The molecule has 2 unspecified atom stereocenters. The molecule has 1 N–H and O–H groups in total. The van der Waals surface area contributed by atoms with Gasteiger partial charge in [-0.1, -0.05) is 12.2 Å². The molecular formula is C7H13NS. The van der Waals surface area contributed by atoms with Crippen LogP contribution in [-0.4, -0.2) is 18.3 Å². The fourth-order valence-electron chi connectivity index (χ4n) is 1.13. The Morgan fingerprint density at radius 2 is 2.44 bits per heavy atom. The maximum Gasteiger partial charge on any atom is 0.0350 e. The molecule has 52 valence electrons. The summed E-state index contributed by atoms with van der Waals surface area (Å²) >= 11 is 4.39. The molecular weight excluding hydrogens is 130 g/mol. The van der Waals surface area contributed by atoms with Gasteiger partial charge in [-0.25, -0.2) is 0 Å². The van der Waals surface area contributed by atoms with Gasteiger partial charge in [-0.15, -0.1) is 0 Å². The lowest BCUT2D eigenvalue weighted by Gasteiger charge is -2.22. The minimum atomic E-state index is 0.420. The summed E-state index contributed by atoms with van der Waals surface area (Å²) < 4.78 is 0. The molecule has 0 aliphatic heterocycles. The minimum Gasteiger partial charge on any atom is -0.316 e. The lowest BCUT2D eigenvalue weighted by molar-refractivity contribution is 0.528. The van der Waals surface area contributed by atoms with Crippen molar-refractivity contribution >= 4 is 12.6 Å². The van der Waals surface area contributed by atoms with Crippen LogP contribution in [-0.2, 0) is 0 Å². The Bertz CT molecular complexity index is 111. The van der Waals surface area contributed by atoms with Crippen LogP contribution in [0.1, 0.15) is 12.8 Å². The third kappa shape index (κ3) is 1.73. The summed E-state index contributed by atoms with van der Waals surface area (Å²) in [6.45, 7) is 0. The van der Waals surface area contributed by atoms with Gasteiger partial charge in [0.15, 0.2) is 0 Å². The largest absolute Gasteiger partial charge is 0.316 e. The molecule has 1 aliphatic carbocycles. The number of hydrogen-bond acceptors (Lipinski definition) is 2. The molecule has 0 aromatic carbocycles. The van der Waals surface area contributed by atoms with E-state index in [9.17, 15) is 0 Å². The van der Waals surface area contributed by atoms with Crippen molar-refractivity contribution in [1.29, 1.82) is 0 Å².